The molecule has 0 atom stereocenters. The molecule has 32 heavy (non-hydrogen) atoms. The molecule has 0 aromatic heterocycles. The van der Waals surface area contributed by atoms with E-state index in [0.29, 0.717) is 37.1 Å². The smallest absolute Gasteiger partial charge is 0.251 e. The molecule has 1 heterocycles. The third-order valence-corrected chi connectivity index (χ3v) is 5.70. The molecule has 3 rings (SSSR count). The van der Waals surface area contributed by atoms with Crippen molar-refractivity contribution in [2.24, 2.45) is 0 Å². The summed E-state index contributed by atoms with van der Waals surface area (Å²) >= 11 is 0. The van der Waals surface area contributed by atoms with E-state index in [1.54, 1.807) is 17.0 Å². The van der Waals surface area contributed by atoms with Gasteiger partial charge in [-0.1, -0.05) is 32.9 Å². The van der Waals surface area contributed by atoms with Crippen LogP contribution >= 0.6 is 0 Å². The van der Waals surface area contributed by atoms with E-state index < -0.39 is 0 Å². The summed E-state index contributed by atoms with van der Waals surface area (Å²) in [6.45, 7) is 7.27. The molecule has 1 fully saturated rings. The standard InChI is InChI=1S/C25H30FN3O3/c1-25(2,3)19-8-4-17(5-9-19)23(31)27-16-22(30)29-14-12-21(13-15-29)28-24(32)18-6-10-20(26)11-7-18/h4-11,21H,12-16H2,1-3H3,(H,27,31)(H,28,32). The highest BCUT2D eigenvalue weighted by Gasteiger charge is 2.24. The fourth-order valence-electron chi connectivity index (χ4n) is 3.63. The van der Waals surface area contributed by atoms with Crippen molar-refractivity contribution < 1.29 is 18.8 Å². The van der Waals surface area contributed by atoms with Crippen molar-refractivity contribution >= 4 is 17.7 Å². The molecular formula is C25H30FN3O3. The predicted octanol–water partition coefficient (Wildman–Crippen LogP) is 3.27. The molecule has 0 bridgehead atoms. The number of carbonyl (C=O) groups excluding carboxylic acids is 3. The molecule has 0 spiro atoms. The van der Waals surface area contributed by atoms with Crippen LogP contribution in [-0.2, 0) is 10.2 Å². The van der Waals surface area contributed by atoms with Gasteiger partial charge in [0.25, 0.3) is 11.8 Å². The first-order valence-corrected chi connectivity index (χ1v) is 10.9. The van der Waals surface area contributed by atoms with Gasteiger partial charge in [0.2, 0.25) is 5.91 Å². The monoisotopic (exact) mass is 439 g/mol. The van der Waals surface area contributed by atoms with Gasteiger partial charge >= 0.3 is 0 Å². The quantitative estimate of drug-likeness (QED) is 0.751. The van der Waals surface area contributed by atoms with Crippen LogP contribution in [0.1, 0.15) is 59.9 Å². The van der Waals surface area contributed by atoms with Crippen molar-refractivity contribution in [3.8, 4) is 0 Å². The van der Waals surface area contributed by atoms with Crippen molar-refractivity contribution in [3.63, 3.8) is 0 Å². The van der Waals surface area contributed by atoms with Crippen LogP contribution in [-0.4, -0.2) is 48.3 Å². The molecule has 2 N–H and O–H groups in total. The van der Waals surface area contributed by atoms with Crippen molar-refractivity contribution in [2.45, 2.75) is 45.1 Å². The first kappa shape index (κ1) is 23.4. The summed E-state index contributed by atoms with van der Waals surface area (Å²) in [5.41, 5.74) is 2.07. The summed E-state index contributed by atoms with van der Waals surface area (Å²) in [7, 11) is 0. The third-order valence-electron chi connectivity index (χ3n) is 5.70. The second-order valence-electron chi connectivity index (χ2n) is 9.15. The van der Waals surface area contributed by atoms with Crippen LogP contribution in [0.5, 0.6) is 0 Å². The molecule has 1 aliphatic heterocycles. The number of nitrogens with one attached hydrogen (secondary N) is 2. The maximum Gasteiger partial charge on any atom is 0.251 e. The minimum atomic E-state index is -0.387. The Bertz CT molecular complexity index is 957. The number of hydrogen-bond donors (Lipinski definition) is 2. The highest BCUT2D eigenvalue weighted by molar-refractivity contribution is 5.96. The Hall–Kier alpha value is -3.22. The van der Waals surface area contributed by atoms with Crippen LogP contribution in [0, 0.1) is 5.82 Å². The maximum absolute atomic E-state index is 13.0. The summed E-state index contributed by atoms with van der Waals surface area (Å²) < 4.78 is 13.0. The molecule has 7 heteroatoms. The average molecular weight is 440 g/mol. The lowest BCUT2D eigenvalue weighted by Gasteiger charge is -2.32. The van der Waals surface area contributed by atoms with Gasteiger partial charge in [-0.25, -0.2) is 4.39 Å². The van der Waals surface area contributed by atoms with Gasteiger partial charge < -0.3 is 15.5 Å². The van der Waals surface area contributed by atoms with Gasteiger partial charge in [-0.2, -0.15) is 0 Å². The second-order valence-corrected chi connectivity index (χ2v) is 9.15. The molecule has 1 saturated heterocycles. The van der Waals surface area contributed by atoms with E-state index in [0.717, 1.165) is 5.56 Å². The molecule has 0 unspecified atom stereocenters. The summed E-state index contributed by atoms with van der Waals surface area (Å²) in [5.74, 6) is -1.06. The minimum Gasteiger partial charge on any atom is -0.349 e. The lowest BCUT2D eigenvalue weighted by atomic mass is 9.87. The van der Waals surface area contributed by atoms with Crippen molar-refractivity contribution in [3.05, 3.63) is 71.0 Å². The molecule has 0 saturated carbocycles. The Labute approximate surface area is 188 Å². The van der Waals surface area contributed by atoms with E-state index in [2.05, 4.69) is 31.4 Å². The van der Waals surface area contributed by atoms with Gasteiger partial charge in [0.1, 0.15) is 5.82 Å². The zero-order valence-corrected chi connectivity index (χ0v) is 18.8. The van der Waals surface area contributed by atoms with Crippen LogP contribution in [0.15, 0.2) is 48.5 Å². The molecule has 3 amide bonds. The van der Waals surface area contributed by atoms with Crippen LogP contribution in [0.4, 0.5) is 4.39 Å². The number of piperidine rings is 1. The van der Waals surface area contributed by atoms with Crippen LogP contribution in [0.2, 0.25) is 0 Å². The van der Waals surface area contributed by atoms with Crippen LogP contribution < -0.4 is 10.6 Å². The molecule has 2 aromatic rings. The third kappa shape index (κ3) is 6.15. The minimum absolute atomic E-state index is 0.00950. The normalized spacial score (nSPS) is 14.7. The van der Waals surface area contributed by atoms with E-state index in [-0.39, 0.29) is 41.5 Å². The van der Waals surface area contributed by atoms with E-state index in [9.17, 15) is 18.8 Å². The second kappa shape index (κ2) is 9.94. The molecule has 1 aliphatic rings. The number of nitrogens with zero attached hydrogens (tertiary/aromatic N) is 1. The van der Waals surface area contributed by atoms with Gasteiger partial charge in [0.15, 0.2) is 0 Å². The summed E-state index contributed by atoms with van der Waals surface area (Å²) in [5, 5.41) is 5.62. The average Bonchev–Trinajstić information content (AvgIpc) is 2.77. The fourth-order valence-corrected chi connectivity index (χ4v) is 3.63. The van der Waals surface area contributed by atoms with Gasteiger partial charge in [-0.3, -0.25) is 14.4 Å². The lowest BCUT2D eigenvalue weighted by Crippen LogP contribution is -2.49. The van der Waals surface area contributed by atoms with Gasteiger partial charge in [0, 0.05) is 30.3 Å². The molecular weight excluding hydrogens is 409 g/mol. The lowest BCUT2D eigenvalue weighted by molar-refractivity contribution is -0.131. The Morgan fingerprint density at radius 1 is 0.906 bits per heavy atom. The molecule has 6 nitrogen and oxygen atoms in total. The summed E-state index contributed by atoms with van der Waals surface area (Å²) in [6, 6.07) is 12.8. The van der Waals surface area contributed by atoms with Gasteiger partial charge in [-0.05, 0) is 60.2 Å². The highest BCUT2D eigenvalue weighted by atomic mass is 19.1. The Kier molecular flexibility index (Phi) is 7.28. The van der Waals surface area contributed by atoms with E-state index in [1.165, 1.54) is 24.3 Å². The van der Waals surface area contributed by atoms with Gasteiger partial charge in [-0.15, -0.1) is 0 Å². The molecule has 0 radical (unpaired) electrons. The Morgan fingerprint density at radius 2 is 1.44 bits per heavy atom. The fraction of sp³-hybridized carbons (Fsp3) is 0.400. The zero-order valence-electron chi connectivity index (χ0n) is 18.8. The topological polar surface area (TPSA) is 78.5 Å². The first-order valence-electron chi connectivity index (χ1n) is 10.9. The number of amides is 3. The number of likely N-dealkylation sites (tertiary alicyclic amines) is 1. The highest BCUT2D eigenvalue weighted by Crippen LogP contribution is 2.22. The van der Waals surface area contributed by atoms with E-state index >= 15 is 0 Å². The zero-order chi connectivity index (χ0) is 23.3. The molecule has 2 aromatic carbocycles. The number of halogens is 1. The van der Waals surface area contributed by atoms with Crippen LogP contribution in [0.25, 0.3) is 0 Å². The van der Waals surface area contributed by atoms with E-state index in [1.807, 2.05) is 12.1 Å². The number of carbonyl (C=O) groups is 3. The Balaban J connectivity index is 1.42. The summed E-state index contributed by atoms with van der Waals surface area (Å²) in [4.78, 5) is 38.8. The SMILES string of the molecule is CC(C)(C)c1ccc(C(=O)NCC(=O)N2CCC(NC(=O)c3ccc(F)cc3)CC2)cc1. The number of rotatable bonds is 5. The van der Waals surface area contributed by atoms with Crippen molar-refractivity contribution in [2.75, 3.05) is 19.6 Å². The molecule has 0 aliphatic carbocycles. The number of benzene rings is 2. The van der Waals surface area contributed by atoms with Gasteiger partial charge in [0.05, 0.1) is 6.54 Å². The Morgan fingerprint density at radius 3 is 2.00 bits per heavy atom. The molecule has 170 valence electrons. The van der Waals surface area contributed by atoms with Crippen molar-refractivity contribution in [1.29, 1.82) is 0 Å². The first-order chi connectivity index (χ1) is 15.1. The van der Waals surface area contributed by atoms with Crippen LogP contribution in [0.3, 0.4) is 0 Å². The van der Waals surface area contributed by atoms with E-state index in [4.69, 9.17) is 0 Å². The predicted molar refractivity (Wildman–Crippen MR) is 121 cm³/mol. The van der Waals surface area contributed by atoms with Crippen molar-refractivity contribution in [1.82, 2.24) is 15.5 Å². The maximum atomic E-state index is 13.0. The largest absolute Gasteiger partial charge is 0.349 e. The number of hydrogen-bond acceptors (Lipinski definition) is 3. The summed E-state index contributed by atoms with van der Waals surface area (Å²) in [6.07, 6.45) is 1.25.